The number of hydrogen-bond acceptors (Lipinski definition) is 10. The molecule has 10 nitrogen and oxygen atoms in total. The first-order valence-electron chi connectivity index (χ1n) is 13.3. The maximum Gasteiger partial charge on any atom is 0.432 e. The zero-order chi connectivity index (χ0) is 35.5. The summed E-state index contributed by atoms with van der Waals surface area (Å²) in [7, 11) is 2.37. The van der Waals surface area contributed by atoms with Crippen LogP contribution in [-0.4, -0.2) is 97.7 Å². The fourth-order valence-electron chi connectivity index (χ4n) is 4.98. The summed E-state index contributed by atoms with van der Waals surface area (Å²) >= 11 is 1.24. The predicted octanol–water partition coefficient (Wildman–Crippen LogP) is 3.99. The van der Waals surface area contributed by atoms with Crippen LogP contribution in [0, 0.1) is 0 Å². The molecule has 0 radical (unpaired) electrons. The Balaban J connectivity index is 1.92. The Morgan fingerprint density at radius 1 is 0.745 bits per heavy atom. The first-order chi connectivity index (χ1) is 21.9. The zero-order valence-electron chi connectivity index (χ0n) is 25.5. The van der Waals surface area contributed by atoms with Gasteiger partial charge in [0.2, 0.25) is 9.74 Å². The third-order valence-corrected chi connectivity index (χ3v) is 10.0. The molecule has 0 aromatic heterocycles. The molecule has 3 rings (SSSR count). The van der Waals surface area contributed by atoms with Gasteiger partial charge in [0.1, 0.15) is 13.2 Å². The number of nitrogens with one attached hydrogen (secondary N) is 1. The highest BCUT2D eigenvalue weighted by molar-refractivity contribution is 8.01. The SMILES string of the molecule is CO[C@@](C(=O)OC[C@]1(SC)NC(=O)[C@@](COC(=O)[C@](OC)(c2ccccc2)C(F)(F)F)(SC)N(C)C1=O)(c1ccccc1)C(F)(F)F. The maximum absolute atomic E-state index is 14.4. The van der Waals surface area contributed by atoms with Crippen molar-refractivity contribution in [1.82, 2.24) is 10.2 Å². The largest absolute Gasteiger partial charge is 0.459 e. The molecule has 1 saturated heterocycles. The summed E-state index contributed by atoms with van der Waals surface area (Å²) in [5.74, 6) is -5.98. The molecule has 0 aliphatic carbocycles. The molecule has 0 bridgehead atoms. The molecule has 2 aromatic carbocycles. The fraction of sp³-hybridized carbons (Fsp3) is 0.448. The molecule has 2 amide bonds. The average Bonchev–Trinajstić information content (AvgIpc) is 3.03. The van der Waals surface area contributed by atoms with E-state index in [1.54, 1.807) is 0 Å². The highest BCUT2D eigenvalue weighted by Crippen LogP contribution is 2.46. The lowest BCUT2D eigenvalue weighted by Crippen LogP contribution is -2.75. The summed E-state index contributed by atoms with van der Waals surface area (Å²) in [6.07, 6.45) is -8.04. The number of piperazine rings is 1. The van der Waals surface area contributed by atoms with E-state index in [0.29, 0.717) is 37.7 Å². The molecular formula is C29H30F6N2O8S2. The number of ether oxygens (including phenoxy) is 4. The predicted molar refractivity (Wildman–Crippen MR) is 158 cm³/mol. The second kappa shape index (κ2) is 13.9. The van der Waals surface area contributed by atoms with Crippen LogP contribution in [0.25, 0.3) is 0 Å². The number of methoxy groups -OCH3 is 2. The third kappa shape index (κ3) is 6.27. The lowest BCUT2D eigenvalue weighted by molar-refractivity contribution is -0.278. The van der Waals surface area contributed by atoms with Crippen molar-refractivity contribution in [2.45, 2.75) is 33.3 Å². The Kier molecular flexibility index (Phi) is 11.3. The number of benzene rings is 2. The van der Waals surface area contributed by atoms with E-state index in [9.17, 15) is 45.5 Å². The number of esters is 2. The van der Waals surface area contributed by atoms with Gasteiger partial charge in [0.05, 0.1) is 0 Å². The summed E-state index contributed by atoms with van der Waals surface area (Å²) in [5.41, 5.74) is -8.41. The second-order valence-electron chi connectivity index (χ2n) is 9.99. The minimum atomic E-state index is -5.32. The van der Waals surface area contributed by atoms with Crippen molar-refractivity contribution in [3.05, 3.63) is 71.8 Å². The molecule has 0 spiro atoms. The molecule has 258 valence electrons. The number of nitrogens with zero attached hydrogens (tertiary/aromatic N) is 1. The van der Waals surface area contributed by atoms with E-state index in [-0.39, 0.29) is 0 Å². The Hall–Kier alpha value is -3.48. The van der Waals surface area contributed by atoms with Crippen LogP contribution in [0.15, 0.2) is 60.7 Å². The smallest absolute Gasteiger partial charge is 0.432 e. The average molecular weight is 713 g/mol. The van der Waals surface area contributed by atoms with Gasteiger partial charge in [0, 0.05) is 32.4 Å². The number of rotatable bonds is 12. The van der Waals surface area contributed by atoms with E-state index >= 15 is 0 Å². The van der Waals surface area contributed by atoms with Gasteiger partial charge in [-0.05, 0) is 12.5 Å². The summed E-state index contributed by atoms with van der Waals surface area (Å²) in [4.78, 5) is 50.0. The van der Waals surface area contributed by atoms with Crippen LogP contribution in [0.1, 0.15) is 11.1 Å². The topological polar surface area (TPSA) is 120 Å². The van der Waals surface area contributed by atoms with Crippen LogP contribution in [0.4, 0.5) is 26.3 Å². The minimum Gasteiger partial charge on any atom is -0.459 e. The molecular weight excluding hydrogens is 682 g/mol. The van der Waals surface area contributed by atoms with Gasteiger partial charge in [0.25, 0.3) is 23.0 Å². The Labute approximate surface area is 273 Å². The van der Waals surface area contributed by atoms with Gasteiger partial charge >= 0.3 is 24.3 Å². The van der Waals surface area contributed by atoms with Crippen molar-refractivity contribution in [1.29, 1.82) is 0 Å². The van der Waals surface area contributed by atoms with Gasteiger partial charge in [-0.2, -0.15) is 26.3 Å². The second-order valence-corrected chi connectivity index (χ2v) is 12.2. The number of thioether (sulfide) groups is 2. The Morgan fingerprint density at radius 3 is 1.49 bits per heavy atom. The van der Waals surface area contributed by atoms with E-state index < -0.39 is 81.4 Å². The van der Waals surface area contributed by atoms with Crippen molar-refractivity contribution < 1.29 is 64.5 Å². The number of alkyl halides is 6. The number of amides is 2. The number of likely N-dealkylation sites (N-methyl/N-ethyl adjacent to an activating group) is 1. The van der Waals surface area contributed by atoms with Gasteiger partial charge in [0.15, 0.2) is 0 Å². The molecule has 1 heterocycles. The van der Waals surface area contributed by atoms with Crippen LogP contribution >= 0.6 is 23.5 Å². The van der Waals surface area contributed by atoms with Gasteiger partial charge in [-0.25, -0.2) is 9.59 Å². The molecule has 2 aromatic rings. The van der Waals surface area contributed by atoms with Crippen LogP contribution in [0.3, 0.4) is 0 Å². The Bertz CT molecular complexity index is 1470. The molecule has 18 heteroatoms. The minimum absolute atomic E-state index is 0.608. The summed E-state index contributed by atoms with van der Waals surface area (Å²) in [6.45, 7) is -2.22. The van der Waals surface area contributed by atoms with E-state index in [1.807, 2.05) is 0 Å². The molecule has 4 atom stereocenters. The normalized spacial score (nSPS) is 22.9. The molecule has 1 N–H and O–H groups in total. The molecule has 47 heavy (non-hydrogen) atoms. The third-order valence-electron chi connectivity index (χ3n) is 7.70. The first kappa shape index (κ1) is 38.0. The van der Waals surface area contributed by atoms with Gasteiger partial charge < -0.3 is 29.2 Å². The highest BCUT2D eigenvalue weighted by atomic mass is 32.2. The Morgan fingerprint density at radius 2 is 1.15 bits per heavy atom. The van der Waals surface area contributed by atoms with E-state index in [2.05, 4.69) is 5.32 Å². The summed E-state index contributed by atoms with van der Waals surface area (Å²) in [6, 6.07) is 11.8. The monoisotopic (exact) mass is 712 g/mol. The standard InChI is InChI=1S/C29H30F6N2O8S2/c1-37-21(39)24(46-4,16-44-22(40)26(42-2,28(30,31)32)18-12-8-6-9-13-18)36-20(38)25(37,47-5)17-45-23(41)27(43-3,29(33,34)35)19-14-10-7-11-15-19/h6-15H,16-17H2,1-5H3,(H,36,38)/t24-,25-,26-,27-/m1/s1. The van der Waals surface area contributed by atoms with Gasteiger partial charge in [-0.1, -0.05) is 60.7 Å². The van der Waals surface area contributed by atoms with E-state index in [4.69, 9.17) is 18.9 Å². The van der Waals surface area contributed by atoms with Crippen LogP contribution in [-0.2, 0) is 49.3 Å². The number of hydrogen-bond donors (Lipinski definition) is 1. The van der Waals surface area contributed by atoms with Crippen molar-refractivity contribution >= 4 is 47.3 Å². The summed E-state index contributed by atoms with van der Waals surface area (Å²) < 4.78 is 106. The van der Waals surface area contributed by atoms with Crippen LogP contribution in [0.2, 0.25) is 0 Å². The molecule has 1 aliphatic heterocycles. The highest BCUT2D eigenvalue weighted by Gasteiger charge is 2.67. The van der Waals surface area contributed by atoms with Crippen molar-refractivity contribution in [2.75, 3.05) is 47.0 Å². The molecule has 1 aliphatic rings. The lowest BCUT2D eigenvalue weighted by atomic mass is 9.92. The molecule has 0 saturated carbocycles. The maximum atomic E-state index is 14.4. The van der Waals surface area contributed by atoms with Crippen molar-refractivity contribution in [3.8, 4) is 0 Å². The number of carbonyl (C=O) groups excluding carboxylic acids is 4. The van der Waals surface area contributed by atoms with E-state index in [1.165, 1.54) is 48.9 Å². The van der Waals surface area contributed by atoms with Crippen molar-refractivity contribution in [2.24, 2.45) is 0 Å². The quantitative estimate of drug-likeness (QED) is 0.256. The van der Waals surface area contributed by atoms with Crippen LogP contribution < -0.4 is 5.32 Å². The number of carbonyl (C=O) groups is 4. The lowest BCUT2D eigenvalue weighted by Gasteiger charge is -2.49. The first-order valence-corrected chi connectivity index (χ1v) is 15.8. The summed E-state index contributed by atoms with van der Waals surface area (Å²) in [5, 5.41) is 2.31. The molecule has 0 unspecified atom stereocenters. The van der Waals surface area contributed by atoms with Crippen molar-refractivity contribution in [3.63, 3.8) is 0 Å². The zero-order valence-corrected chi connectivity index (χ0v) is 27.1. The van der Waals surface area contributed by atoms with Gasteiger partial charge in [-0.3, -0.25) is 9.59 Å². The molecule has 1 fully saturated rings. The van der Waals surface area contributed by atoms with E-state index in [0.717, 1.165) is 36.2 Å². The van der Waals surface area contributed by atoms with Crippen LogP contribution in [0.5, 0.6) is 0 Å². The number of halogens is 6. The fourth-order valence-corrected chi connectivity index (χ4v) is 6.43. The van der Waals surface area contributed by atoms with Gasteiger partial charge in [-0.15, -0.1) is 23.5 Å².